The van der Waals surface area contributed by atoms with Gasteiger partial charge in [0.15, 0.2) is 0 Å². The summed E-state index contributed by atoms with van der Waals surface area (Å²) >= 11 is 0. The Morgan fingerprint density at radius 1 is 1.38 bits per heavy atom. The molecule has 3 rings (SSSR count). The number of aromatic carboxylic acids is 1. The smallest absolute Gasteiger partial charge is 0.338 e. The molecule has 1 N–H and O–H groups in total. The molecule has 21 heavy (non-hydrogen) atoms. The van der Waals surface area contributed by atoms with Gasteiger partial charge in [-0.3, -0.25) is 0 Å². The van der Waals surface area contributed by atoms with Crippen LogP contribution >= 0.6 is 0 Å². The number of benzene rings is 1. The van der Waals surface area contributed by atoms with Gasteiger partial charge in [-0.25, -0.2) is 9.18 Å². The zero-order valence-electron chi connectivity index (χ0n) is 11.8. The molecule has 1 aliphatic heterocycles. The van der Waals surface area contributed by atoms with E-state index in [9.17, 15) is 9.18 Å². The second-order valence-electron chi connectivity index (χ2n) is 5.92. The minimum atomic E-state index is -1.27. The van der Waals surface area contributed by atoms with Crippen LogP contribution in [0, 0.1) is 5.82 Å². The van der Waals surface area contributed by atoms with Crippen LogP contribution in [-0.4, -0.2) is 29.4 Å². The molecule has 0 radical (unpaired) electrons. The Hall–Kier alpha value is -1.62. The van der Waals surface area contributed by atoms with E-state index in [4.69, 9.17) is 14.6 Å². The molecule has 1 saturated carbocycles. The van der Waals surface area contributed by atoms with Gasteiger partial charge in [-0.2, -0.15) is 0 Å². The van der Waals surface area contributed by atoms with E-state index in [2.05, 4.69) is 0 Å². The molecule has 4 nitrogen and oxygen atoms in total. The van der Waals surface area contributed by atoms with Crippen molar-refractivity contribution in [1.29, 1.82) is 0 Å². The average Bonchev–Trinajstić information content (AvgIpc) is 2.86. The van der Waals surface area contributed by atoms with E-state index in [0.29, 0.717) is 12.4 Å². The standard InChI is InChI=1S/C16H19FO4/c17-14-9-11(3-4-13(14)15(18)19)21-12-5-8-20-16(10-12)6-1-2-7-16/h3-4,9,12H,1-2,5-8,10H2,(H,18,19). The third kappa shape index (κ3) is 3.02. The number of ether oxygens (including phenoxy) is 2. The fourth-order valence-corrected chi connectivity index (χ4v) is 3.39. The van der Waals surface area contributed by atoms with E-state index in [1.807, 2.05) is 0 Å². The predicted molar refractivity (Wildman–Crippen MR) is 74.2 cm³/mol. The quantitative estimate of drug-likeness (QED) is 0.928. The van der Waals surface area contributed by atoms with Gasteiger partial charge in [-0.05, 0) is 25.0 Å². The first-order valence-electron chi connectivity index (χ1n) is 7.41. The number of rotatable bonds is 3. The Balaban J connectivity index is 1.68. The zero-order chi connectivity index (χ0) is 14.9. The maximum atomic E-state index is 13.7. The van der Waals surface area contributed by atoms with Crippen molar-refractivity contribution in [1.82, 2.24) is 0 Å². The summed E-state index contributed by atoms with van der Waals surface area (Å²) in [5.74, 6) is -1.64. The third-order valence-corrected chi connectivity index (χ3v) is 4.44. The molecule has 1 aliphatic carbocycles. The Labute approximate surface area is 122 Å². The van der Waals surface area contributed by atoms with E-state index >= 15 is 0 Å². The zero-order valence-corrected chi connectivity index (χ0v) is 11.8. The normalized spacial score (nSPS) is 24.1. The Morgan fingerprint density at radius 2 is 2.14 bits per heavy atom. The van der Waals surface area contributed by atoms with Gasteiger partial charge in [-0.1, -0.05) is 12.8 Å². The minimum Gasteiger partial charge on any atom is -0.490 e. The average molecular weight is 294 g/mol. The molecular formula is C16H19FO4. The van der Waals surface area contributed by atoms with Gasteiger partial charge >= 0.3 is 5.97 Å². The summed E-state index contributed by atoms with van der Waals surface area (Å²) < 4.78 is 25.4. The summed E-state index contributed by atoms with van der Waals surface area (Å²) in [6, 6.07) is 3.92. The van der Waals surface area contributed by atoms with Crippen LogP contribution in [0.4, 0.5) is 4.39 Å². The predicted octanol–water partition coefficient (Wildman–Crippen LogP) is 3.39. The molecule has 5 heteroatoms. The molecule has 2 aliphatic rings. The molecule has 0 bridgehead atoms. The SMILES string of the molecule is O=C(O)c1ccc(OC2CCOC3(CCCC3)C2)cc1F. The Kier molecular flexibility index (Phi) is 3.85. The van der Waals surface area contributed by atoms with Crippen molar-refractivity contribution in [2.24, 2.45) is 0 Å². The number of carboxylic acids is 1. The van der Waals surface area contributed by atoms with E-state index < -0.39 is 11.8 Å². The molecule has 0 aromatic heterocycles. The van der Waals surface area contributed by atoms with E-state index in [1.165, 1.54) is 25.0 Å². The number of hydrogen-bond donors (Lipinski definition) is 1. The van der Waals surface area contributed by atoms with E-state index in [1.54, 1.807) is 0 Å². The molecule has 1 aromatic carbocycles. The van der Waals surface area contributed by atoms with Crippen LogP contribution in [0.3, 0.4) is 0 Å². The summed E-state index contributed by atoms with van der Waals surface area (Å²) in [7, 11) is 0. The monoisotopic (exact) mass is 294 g/mol. The molecule has 1 saturated heterocycles. The molecule has 114 valence electrons. The fraction of sp³-hybridized carbons (Fsp3) is 0.562. The van der Waals surface area contributed by atoms with Crippen molar-refractivity contribution in [3.63, 3.8) is 0 Å². The number of hydrogen-bond acceptors (Lipinski definition) is 3. The maximum absolute atomic E-state index is 13.7. The third-order valence-electron chi connectivity index (χ3n) is 4.44. The van der Waals surface area contributed by atoms with Crippen molar-refractivity contribution in [2.75, 3.05) is 6.61 Å². The van der Waals surface area contributed by atoms with E-state index in [-0.39, 0.29) is 17.3 Å². The molecule has 1 aromatic rings. The molecule has 1 spiro atoms. The molecule has 1 atom stereocenters. The molecule has 1 heterocycles. The van der Waals surface area contributed by atoms with Gasteiger partial charge in [-0.15, -0.1) is 0 Å². The summed E-state index contributed by atoms with van der Waals surface area (Å²) in [5.41, 5.74) is -0.385. The van der Waals surface area contributed by atoms with Crippen LogP contribution in [0.1, 0.15) is 48.9 Å². The van der Waals surface area contributed by atoms with Crippen LogP contribution in [0.5, 0.6) is 5.75 Å². The fourth-order valence-electron chi connectivity index (χ4n) is 3.39. The first-order valence-corrected chi connectivity index (χ1v) is 7.41. The number of halogens is 1. The van der Waals surface area contributed by atoms with Crippen LogP contribution < -0.4 is 4.74 Å². The summed E-state index contributed by atoms with van der Waals surface area (Å²) in [4.78, 5) is 10.8. The second-order valence-corrected chi connectivity index (χ2v) is 5.92. The topological polar surface area (TPSA) is 55.8 Å². The second kappa shape index (κ2) is 5.64. The van der Waals surface area contributed by atoms with E-state index in [0.717, 1.165) is 31.7 Å². The molecular weight excluding hydrogens is 275 g/mol. The van der Waals surface area contributed by atoms with Gasteiger partial charge in [0, 0.05) is 18.9 Å². The highest BCUT2D eigenvalue weighted by Crippen LogP contribution is 2.40. The molecule has 2 fully saturated rings. The van der Waals surface area contributed by atoms with Crippen molar-refractivity contribution in [2.45, 2.75) is 50.2 Å². The van der Waals surface area contributed by atoms with Gasteiger partial charge < -0.3 is 14.6 Å². The minimum absolute atomic E-state index is 0.00641. The number of carbonyl (C=O) groups is 1. The van der Waals surface area contributed by atoms with Crippen molar-refractivity contribution < 1.29 is 23.8 Å². The van der Waals surface area contributed by atoms with Crippen LogP contribution in [0.15, 0.2) is 18.2 Å². The largest absolute Gasteiger partial charge is 0.490 e. The lowest BCUT2D eigenvalue weighted by Gasteiger charge is -2.38. The van der Waals surface area contributed by atoms with Crippen LogP contribution in [0.2, 0.25) is 0 Å². The lowest BCUT2D eigenvalue weighted by Crippen LogP contribution is -2.41. The first kappa shape index (κ1) is 14.3. The van der Waals surface area contributed by atoms with Crippen molar-refractivity contribution in [3.05, 3.63) is 29.6 Å². The van der Waals surface area contributed by atoms with Gasteiger partial charge in [0.2, 0.25) is 0 Å². The van der Waals surface area contributed by atoms with Gasteiger partial charge in [0.05, 0.1) is 17.8 Å². The lowest BCUT2D eigenvalue weighted by molar-refractivity contribution is -0.108. The summed E-state index contributed by atoms with van der Waals surface area (Å²) in [5, 5.41) is 8.82. The highest BCUT2D eigenvalue weighted by Gasteiger charge is 2.40. The molecule has 0 amide bonds. The van der Waals surface area contributed by atoms with Gasteiger partial charge in [0.1, 0.15) is 17.7 Å². The van der Waals surface area contributed by atoms with Crippen LogP contribution in [0.25, 0.3) is 0 Å². The Bertz CT molecular complexity index is 537. The Morgan fingerprint density at radius 3 is 2.81 bits per heavy atom. The highest BCUT2D eigenvalue weighted by atomic mass is 19.1. The number of carboxylic acid groups (broad SMARTS) is 1. The van der Waals surface area contributed by atoms with Gasteiger partial charge in [0.25, 0.3) is 0 Å². The highest BCUT2D eigenvalue weighted by molar-refractivity contribution is 5.88. The first-order chi connectivity index (χ1) is 10.1. The van der Waals surface area contributed by atoms with Crippen molar-refractivity contribution in [3.8, 4) is 5.75 Å². The maximum Gasteiger partial charge on any atom is 0.338 e. The molecule has 1 unspecified atom stereocenters. The summed E-state index contributed by atoms with van der Waals surface area (Å²) in [6.45, 7) is 0.667. The van der Waals surface area contributed by atoms with Crippen molar-refractivity contribution >= 4 is 5.97 Å². The van der Waals surface area contributed by atoms with Crippen LogP contribution in [-0.2, 0) is 4.74 Å². The lowest BCUT2D eigenvalue weighted by atomic mass is 9.90. The summed E-state index contributed by atoms with van der Waals surface area (Å²) in [6.07, 6.45) is 6.13.